The summed E-state index contributed by atoms with van der Waals surface area (Å²) in [5, 5.41) is 2.69. The third-order valence-electron chi connectivity index (χ3n) is 6.31. The predicted molar refractivity (Wildman–Crippen MR) is 140 cm³/mol. The summed E-state index contributed by atoms with van der Waals surface area (Å²) in [5.74, 6) is -2.57. The highest BCUT2D eigenvalue weighted by molar-refractivity contribution is 7.89. The lowest BCUT2D eigenvalue weighted by atomic mass is 9.87. The molecule has 3 aromatic rings. The minimum Gasteiger partial charge on any atom is -0.353 e. The molecule has 1 aliphatic carbocycles. The molecule has 0 radical (unpaired) electrons. The first kappa shape index (κ1) is 27.7. The number of hydrogen-bond acceptors (Lipinski definition) is 6. The van der Waals surface area contributed by atoms with E-state index in [1.165, 1.54) is 12.1 Å². The first-order valence-corrected chi connectivity index (χ1v) is 14.1. The summed E-state index contributed by atoms with van der Waals surface area (Å²) in [6.45, 7) is 0. The predicted octanol–water partition coefficient (Wildman–Crippen LogP) is 2.76. The summed E-state index contributed by atoms with van der Waals surface area (Å²) in [6, 6.07) is 6.00. The van der Waals surface area contributed by atoms with Crippen molar-refractivity contribution in [3.8, 4) is 11.3 Å². The maximum atomic E-state index is 14.6. The maximum Gasteiger partial charge on any atom is 0.269 e. The molecule has 0 spiro atoms. The van der Waals surface area contributed by atoms with Crippen LogP contribution in [-0.2, 0) is 28.3 Å². The van der Waals surface area contributed by atoms with E-state index in [9.17, 15) is 22.4 Å². The van der Waals surface area contributed by atoms with Crippen molar-refractivity contribution in [3.05, 3.63) is 71.2 Å². The number of nitrogens with one attached hydrogen (secondary N) is 3. The molecular formula is C25H28ClFN6O4S. The summed E-state index contributed by atoms with van der Waals surface area (Å²) >= 11 is 5.97. The molecule has 0 bridgehead atoms. The van der Waals surface area contributed by atoms with Gasteiger partial charge in [-0.15, -0.1) is 4.83 Å². The van der Waals surface area contributed by atoms with Gasteiger partial charge >= 0.3 is 0 Å². The van der Waals surface area contributed by atoms with Gasteiger partial charge in [0.05, 0.1) is 34.8 Å². The molecular weight excluding hydrogens is 535 g/mol. The zero-order valence-corrected chi connectivity index (χ0v) is 22.2. The monoisotopic (exact) mass is 562 g/mol. The molecule has 38 heavy (non-hydrogen) atoms. The lowest BCUT2D eigenvalue weighted by molar-refractivity contribution is -0.121. The molecule has 13 heteroatoms. The second-order valence-corrected chi connectivity index (χ2v) is 11.6. The highest BCUT2D eigenvalue weighted by Crippen LogP contribution is 2.28. The molecule has 4 rings (SSSR count). The lowest BCUT2D eigenvalue weighted by Crippen LogP contribution is -2.45. The summed E-state index contributed by atoms with van der Waals surface area (Å²) in [6.07, 6.45) is 9.36. The van der Waals surface area contributed by atoms with Crippen molar-refractivity contribution in [3.63, 3.8) is 0 Å². The van der Waals surface area contributed by atoms with Gasteiger partial charge in [0.15, 0.2) is 5.82 Å². The minimum atomic E-state index is -3.94. The quantitative estimate of drug-likeness (QED) is 0.343. The average molecular weight is 563 g/mol. The van der Waals surface area contributed by atoms with E-state index in [1.54, 1.807) is 48.7 Å². The molecule has 0 saturated heterocycles. The summed E-state index contributed by atoms with van der Waals surface area (Å²) in [4.78, 5) is 35.2. The van der Waals surface area contributed by atoms with Crippen molar-refractivity contribution >= 4 is 33.4 Å². The van der Waals surface area contributed by atoms with Gasteiger partial charge in [0.2, 0.25) is 15.9 Å². The number of carbonyl (C=O) groups is 2. The lowest BCUT2D eigenvalue weighted by Gasteiger charge is -2.29. The van der Waals surface area contributed by atoms with Crippen molar-refractivity contribution in [2.75, 3.05) is 5.75 Å². The molecule has 2 amide bonds. The first-order chi connectivity index (χ1) is 18.1. The fourth-order valence-corrected chi connectivity index (χ4v) is 6.02. The number of aryl methyl sites for hydroxylation is 1. The molecule has 2 heterocycles. The number of nitrogens with zero attached hydrogens (tertiary/aromatic N) is 3. The topological polar surface area (TPSA) is 135 Å². The zero-order chi connectivity index (χ0) is 27.3. The van der Waals surface area contributed by atoms with Crippen LogP contribution in [0, 0.1) is 11.7 Å². The van der Waals surface area contributed by atoms with E-state index < -0.39 is 27.3 Å². The van der Waals surface area contributed by atoms with Crippen LogP contribution in [0.2, 0.25) is 5.02 Å². The second-order valence-electron chi connectivity index (χ2n) is 9.41. The molecule has 1 aliphatic rings. The third kappa shape index (κ3) is 7.36. The number of imidazole rings is 1. The van der Waals surface area contributed by atoms with Crippen LogP contribution in [0.3, 0.4) is 0 Å². The van der Waals surface area contributed by atoms with Gasteiger partial charge < -0.3 is 9.88 Å². The number of benzene rings is 1. The van der Waals surface area contributed by atoms with Crippen LogP contribution in [0.25, 0.3) is 11.3 Å². The van der Waals surface area contributed by atoms with Gasteiger partial charge in [-0.2, -0.15) is 0 Å². The van der Waals surface area contributed by atoms with Crippen molar-refractivity contribution in [1.29, 1.82) is 0 Å². The van der Waals surface area contributed by atoms with E-state index in [0.29, 0.717) is 24.1 Å². The van der Waals surface area contributed by atoms with Gasteiger partial charge in [-0.05, 0) is 55.0 Å². The average Bonchev–Trinajstić information content (AvgIpc) is 3.31. The molecule has 1 saturated carbocycles. The van der Waals surface area contributed by atoms with E-state index in [1.807, 2.05) is 0 Å². The van der Waals surface area contributed by atoms with Crippen molar-refractivity contribution in [2.45, 2.75) is 38.1 Å². The van der Waals surface area contributed by atoms with Gasteiger partial charge in [0.1, 0.15) is 0 Å². The normalized spacial score (nSPS) is 17.7. The Kier molecular flexibility index (Phi) is 8.75. The smallest absolute Gasteiger partial charge is 0.269 e. The molecule has 1 fully saturated rings. The highest BCUT2D eigenvalue weighted by Gasteiger charge is 2.28. The largest absolute Gasteiger partial charge is 0.353 e. The second kappa shape index (κ2) is 12.0. The summed E-state index contributed by atoms with van der Waals surface area (Å²) < 4.78 is 41.7. The highest BCUT2D eigenvalue weighted by atomic mass is 35.5. The van der Waals surface area contributed by atoms with Crippen LogP contribution >= 0.6 is 11.6 Å². The summed E-state index contributed by atoms with van der Waals surface area (Å²) in [5.41, 5.74) is 3.38. The first-order valence-electron chi connectivity index (χ1n) is 12.0. The Hall–Kier alpha value is -3.35. The van der Waals surface area contributed by atoms with Crippen LogP contribution in [0.1, 0.15) is 41.6 Å². The molecule has 202 valence electrons. The maximum absolute atomic E-state index is 14.6. The van der Waals surface area contributed by atoms with Gasteiger partial charge in [0, 0.05) is 37.2 Å². The number of amides is 2. The van der Waals surface area contributed by atoms with Crippen molar-refractivity contribution in [1.82, 2.24) is 30.1 Å². The molecule has 1 aromatic carbocycles. The third-order valence-corrected chi connectivity index (χ3v) is 7.91. The molecule has 3 N–H and O–H groups in total. The number of hydrazine groups is 1. The fourth-order valence-electron chi connectivity index (χ4n) is 4.55. The van der Waals surface area contributed by atoms with Crippen molar-refractivity contribution in [2.24, 2.45) is 13.0 Å². The zero-order valence-electron chi connectivity index (χ0n) is 20.7. The van der Waals surface area contributed by atoms with E-state index in [2.05, 4.69) is 25.5 Å². The van der Waals surface area contributed by atoms with E-state index in [0.717, 1.165) is 18.4 Å². The van der Waals surface area contributed by atoms with E-state index >= 15 is 0 Å². The number of sulfonamides is 1. The van der Waals surface area contributed by atoms with Gasteiger partial charge in [-0.1, -0.05) is 18.0 Å². The molecule has 10 nitrogen and oxygen atoms in total. The Morgan fingerprint density at radius 1 is 1.21 bits per heavy atom. The van der Waals surface area contributed by atoms with Gasteiger partial charge in [-0.25, -0.2) is 17.8 Å². The van der Waals surface area contributed by atoms with Crippen LogP contribution in [0.15, 0.2) is 49.2 Å². The number of pyridine rings is 1. The van der Waals surface area contributed by atoms with Crippen LogP contribution < -0.4 is 15.6 Å². The van der Waals surface area contributed by atoms with Crippen LogP contribution in [0.4, 0.5) is 4.39 Å². The number of carbonyl (C=O) groups excluding carboxylic acids is 2. The Morgan fingerprint density at radius 3 is 2.68 bits per heavy atom. The molecule has 2 unspecified atom stereocenters. The SMILES string of the molecule is Cn1cnc(-c2cc(Cl)c(F)c(C(=O)NNS(=O)(=O)CC3CCCC(NC(=O)Cc4ccncc4)C3)c2)c1. The molecule has 2 aromatic heterocycles. The van der Waals surface area contributed by atoms with E-state index in [-0.39, 0.29) is 35.1 Å². The Labute approximate surface area is 225 Å². The number of rotatable bonds is 9. The van der Waals surface area contributed by atoms with Crippen LogP contribution in [-0.4, -0.2) is 46.6 Å². The minimum absolute atomic E-state index is 0.135. The molecule has 0 aliphatic heterocycles. The Balaban J connectivity index is 1.32. The number of halogens is 2. The summed E-state index contributed by atoms with van der Waals surface area (Å²) in [7, 11) is -2.18. The standard InChI is InChI=1S/C25H28ClFN6O4S/c1-33-13-22(29-15-33)18-11-20(24(27)21(26)12-18)25(35)31-32-38(36,37)14-17-3-2-4-19(9-17)30-23(34)10-16-5-7-28-8-6-16/h5-8,11-13,15,17,19,32H,2-4,9-10,14H2,1H3,(H,30,34)(H,31,35). The Bertz CT molecular complexity index is 1420. The van der Waals surface area contributed by atoms with Crippen molar-refractivity contribution < 1.29 is 22.4 Å². The number of hydrogen-bond donors (Lipinski definition) is 3. The molecule has 2 atom stereocenters. The van der Waals surface area contributed by atoms with E-state index in [4.69, 9.17) is 11.6 Å². The van der Waals surface area contributed by atoms with Crippen LogP contribution in [0.5, 0.6) is 0 Å². The van der Waals surface area contributed by atoms with Gasteiger partial charge in [0.25, 0.3) is 5.91 Å². The van der Waals surface area contributed by atoms with Gasteiger partial charge in [-0.3, -0.25) is 20.0 Å². The number of aromatic nitrogens is 3. The fraction of sp³-hybridized carbons (Fsp3) is 0.360. The Morgan fingerprint density at radius 2 is 1.97 bits per heavy atom.